The zero-order chi connectivity index (χ0) is 15.5. The van der Waals surface area contributed by atoms with Crippen molar-refractivity contribution in [1.29, 1.82) is 0 Å². The summed E-state index contributed by atoms with van der Waals surface area (Å²) >= 11 is 1.72. The summed E-state index contributed by atoms with van der Waals surface area (Å²) in [5.41, 5.74) is 1.25. The minimum absolute atomic E-state index is 0.126. The van der Waals surface area contributed by atoms with Gasteiger partial charge in [0, 0.05) is 43.4 Å². The van der Waals surface area contributed by atoms with E-state index in [0.717, 1.165) is 36.2 Å². The lowest BCUT2D eigenvalue weighted by molar-refractivity contribution is 0.303. The Hall–Kier alpha value is -1.24. The van der Waals surface area contributed by atoms with Crippen LogP contribution >= 0.6 is 11.3 Å². The number of nitrogens with one attached hydrogen (secondary N) is 1. The standard InChI is InChI=1S/C15H25N5S/c1-15(2,3)17-8-14-18-12(11-21-14)9-19(4)10-13-16-6-7-20(13)5/h6-7,11,17H,8-10H2,1-5H3. The SMILES string of the molecule is CN(Cc1csc(CNC(C)(C)C)n1)Cc1nccn1C. The fourth-order valence-electron chi connectivity index (χ4n) is 1.97. The van der Waals surface area contributed by atoms with Gasteiger partial charge in [-0.15, -0.1) is 11.3 Å². The summed E-state index contributed by atoms with van der Waals surface area (Å²) in [5, 5.41) is 6.76. The molecule has 0 spiro atoms. The highest BCUT2D eigenvalue weighted by molar-refractivity contribution is 7.09. The minimum atomic E-state index is 0.126. The van der Waals surface area contributed by atoms with Gasteiger partial charge in [0.05, 0.1) is 12.2 Å². The Labute approximate surface area is 131 Å². The van der Waals surface area contributed by atoms with Crippen molar-refractivity contribution in [3.05, 3.63) is 34.3 Å². The summed E-state index contributed by atoms with van der Waals surface area (Å²) in [5.74, 6) is 1.07. The maximum absolute atomic E-state index is 4.69. The van der Waals surface area contributed by atoms with Crippen LogP contribution in [0.3, 0.4) is 0 Å². The minimum Gasteiger partial charge on any atom is -0.337 e. The summed E-state index contributed by atoms with van der Waals surface area (Å²) in [4.78, 5) is 11.3. The summed E-state index contributed by atoms with van der Waals surface area (Å²) in [6.45, 7) is 9.01. The second-order valence-corrected chi connectivity index (χ2v) is 7.41. The van der Waals surface area contributed by atoms with Crippen molar-refractivity contribution in [2.45, 2.75) is 45.9 Å². The fourth-order valence-corrected chi connectivity index (χ4v) is 2.69. The molecule has 0 radical (unpaired) electrons. The molecule has 116 valence electrons. The van der Waals surface area contributed by atoms with Crippen molar-refractivity contribution >= 4 is 11.3 Å². The molecule has 0 amide bonds. The van der Waals surface area contributed by atoms with Crippen LogP contribution in [0.1, 0.15) is 37.3 Å². The first kappa shape index (κ1) is 16.1. The average Bonchev–Trinajstić information content (AvgIpc) is 2.96. The van der Waals surface area contributed by atoms with Gasteiger partial charge < -0.3 is 9.88 Å². The number of thiazole rings is 1. The predicted octanol–water partition coefficient (Wildman–Crippen LogP) is 2.40. The van der Waals surface area contributed by atoms with E-state index < -0.39 is 0 Å². The smallest absolute Gasteiger partial charge is 0.122 e. The molecule has 0 unspecified atom stereocenters. The first-order chi connectivity index (χ1) is 9.83. The Morgan fingerprint density at radius 1 is 1.33 bits per heavy atom. The van der Waals surface area contributed by atoms with Crippen molar-refractivity contribution in [3.63, 3.8) is 0 Å². The Balaban J connectivity index is 1.86. The van der Waals surface area contributed by atoms with Gasteiger partial charge in [0.15, 0.2) is 0 Å². The molecule has 2 rings (SSSR count). The zero-order valence-corrected chi connectivity index (χ0v) is 14.4. The molecular formula is C15H25N5S. The molecule has 0 bridgehead atoms. The molecule has 0 aliphatic rings. The van der Waals surface area contributed by atoms with Crippen LogP contribution in [0.25, 0.3) is 0 Å². The van der Waals surface area contributed by atoms with Gasteiger partial charge in [0.25, 0.3) is 0 Å². The van der Waals surface area contributed by atoms with Crippen LogP contribution in [-0.4, -0.2) is 32.0 Å². The molecule has 0 atom stereocenters. The topological polar surface area (TPSA) is 46.0 Å². The third kappa shape index (κ3) is 5.22. The molecule has 5 nitrogen and oxygen atoms in total. The summed E-state index contributed by atoms with van der Waals surface area (Å²) < 4.78 is 2.05. The third-order valence-corrected chi connectivity index (χ3v) is 4.03. The number of imidazole rings is 1. The van der Waals surface area contributed by atoms with E-state index in [2.05, 4.69) is 53.0 Å². The normalized spacial score (nSPS) is 12.3. The van der Waals surface area contributed by atoms with E-state index in [-0.39, 0.29) is 5.54 Å². The average molecular weight is 307 g/mol. The van der Waals surface area contributed by atoms with Crippen LogP contribution in [0.2, 0.25) is 0 Å². The molecule has 21 heavy (non-hydrogen) atoms. The van der Waals surface area contributed by atoms with Crippen LogP contribution in [0, 0.1) is 0 Å². The van der Waals surface area contributed by atoms with Crippen molar-refractivity contribution in [2.24, 2.45) is 7.05 Å². The van der Waals surface area contributed by atoms with Crippen molar-refractivity contribution < 1.29 is 0 Å². The lowest BCUT2D eigenvalue weighted by Crippen LogP contribution is -2.35. The Morgan fingerprint density at radius 3 is 2.71 bits per heavy atom. The predicted molar refractivity (Wildman–Crippen MR) is 87.1 cm³/mol. The highest BCUT2D eigenvalue weighted by Crippen LogP contribution is 2.13. The van der Waals surface area contributed by atoms with Gasteiger partial charge >= 0.3 is 0 Å². The molecule has 0 aromatic carbocycles. The van der Waals surface area contributed by atoms with Gasteiger partial charge in [-0.2, -0.15) is 0 Å². The fraction of sp³-hybridized carbons (Fsp3) is 0.600. The number of aryl methyl sites for hydroxylation is 1. The molecule has 6 heteroatoms. The molecular weight excluding hydrogens is 282 g/mol. The largest absolute Gasteiger partial charge is 0.337 e. The Morgan fingerprint density at radius 2 is 2.10 bits per heavy atom. The molecule has 0 fully saturated rings. The van der Waals surface area contributed by atoms with Crippen LogP contribution in [0.4, 0.5) is 0 Å². The van der Waals surface area contributed by atoms with Crippen LogP contribution < -0.4 is 5.32 Å². The summed E-state index contributed by atoms with van der Waals surface area (Å²) in [6, 6.07) is 0. The Bertz CT molecular complexity index is 567. The van der Waals surface area contributed by atoms with Gasteiger partial charge in [-0.1, -0.05) is 0 Å². The van der Waals surface area contributed by atoms with Gasteiger partial charge in [0.1, 0.15) is 10.8 Å². The number of rotatable bonds is 6. The molecule has 1 N–H and O–H groups in total. The van der Waals surface area contributed by atoms with E-state index in [9.17, 15) is 0 Å². The third-order valence-electron chi connectivity index (χ3n) is 3.13. The van der Waals surface area contributed by atoms with E-state index in [1.807, 2.05) is 19.4 Å². The monoisotopic (exact) mass is 307 g/mol. The maximum Gasteiger partial charge on any atom is 0.122 e. The number of nitrogens with zero attached hydrogens (tertiary/aromatic N) is 4. The Kier molecular flexibility index (Phi) is 5.13. The quantitative estimate of drug-likeness (QED) is 0.890. The lowest BCUT2D eigenvalue weighted by Gasteiger charge is -2.19. The second-order valence-electron chi connectivity index (χ2n) is 6.46. The molecule has 0 saturated heterocycles. The van der Waals surface area contributed by atoms with Crippen molar-refractivity contribution in [1.82, 2.24) is 24.8 Å². The molecule has 0 saturated carbocycles. The van der Waals surface area contributed by atoms with Crippen LogP contribution in [0.15, 0.2) is 17.8 Å². The molecule has 0 aliphatic heterocycles. The highest BCUT2D eigenvalue weighted by Gasteiger charge is 2.11. The van der Waals surface area contributed by atoms with E-state index in [1.54, 1.807) is 11.3 Å². The van der Waals surface area contributed by atoms with Gasteiger partial charge in [-0.05, 0) is 27.8 Å². The molecule has 2 aromatic rings. The van der Waals surface area contributed by atoms with Crippen molar-refractivity contribution in [3.8, 4) is 0 Å². The van der Waals surface area contributed by atoms with Crippen LogP contribution in [0.5, 0.6) is 0 Å². The van der Waals surface area contributed by atoms with Crippen LogP contribution in [-0.2, 0) is 26.7 Å². The number of hydrogen-bond acceptors (Lipinski definition) is 5. The van der Waals surface area contributed by atoms with E-state index in [1.165, 1.54) is 0 Å². The van der Waals surface area contributed by atoms with E-state index in [0.29, 0.717) is 0 Å². The molecule has 0 aliphatic carbocycles. The van der Waals surface area contributed by atoms with E-state index >= 15 is 0 Å². The zero-order valence-electron chi connectivity index (χ0n) is 13.6. The molecule has 2 aromatic heterocycles. The highest BCUT2D eigenvalue weighted by atomic mass is 32.1. The number of aromatic nitrogens is 3. The second kappa shape index (κ2) is 6.68. The van der Waals surface area contributed by atoms with Gasteiger partial charge in [0.2, 0.25) is 0 Å². The summed E-state index contributed by atoms with van der Waals surface area (Å²) in [7, 11) is 4.12. The van der Waals surface area contributed by atoms with Gasteiger partial charge in [-0.3, -0.25) is 4.90 Å². The van der Waals surface area contributed by atoms with E-state index in [4.69, 9.17) is 4.98 Å². The molecule has 2 heterocycles. The van der Waals surface area contributed by atoms with Gasteiger partial charge in [-0.25, -0.2) is 9.97 Å². The first-order valence-electron chi connectivity index (χ1n) is 7.16. The maximum atomic E-state index is 4.69. The summed E-state index contributed by atoms with van der Waals surface area (Å²) in [6.07, 6.45) is 3.81. The first-order valence-corrected chi connectivity index (χ1v) is 8.04. The van der Waals surface area contributed by atoms with Crippen molar-refractivity contribution in [2.75, 3.05) is 7.05 Å². The lowest BCUT2D eigenvalue weighted by atomic mass is 10.1. The number of hydrogen-bond donors (Lipinski definition) is 1.